The first-order chi connectivity index (χ1) is 15.0. The summed E-state index contributed by atoms with van der Waals surface area (Å²) >= 11 is 0. The van der Waals surface area contributed by atoms with Gasteiger partial charge in [0.15, 0.2) is 0 Å². The standard InChI is InChI=1S/C24H19FN4O2/c25-17-4-1-3-14(11-17)13-29-22(23(26)31)21(18-5-2-10-27-24(18)29)16-7-6-15-8-9-20(30)28-19(15)12-16/h1-7,10-12H,8-9,13H2,(H2,26,31)(H,28,30). The summed E-state index contributed by atoms with van der Waals surface area (Å²) in [6, 6.07) is 15.6. The smallest absolute Gasteiger partial charge is 0.266 e. The summed E-state index contributed by atoms with van der Waals surface area (Å²) in [7, 11) is 0. The monoisotopic (exact) mass is 414 g/mol. The molecule has 2 aromatic heterocycles. The summed E-state index contributed by atoms with van der Waals surface area (Å²) in [5, 5.41) is 3.66. The summed E-state index contributed by atoms with van der Waals surface area (Å²) in [6.07, 6.45) is 2.77. The van der Waals surface area contributed by atoms with E-state index in [0.29, 0.717) is 35.3 Å². The minimum atomic E-state index is -0.605. The minimum Gasteiger partial charge on any atom is -0.364 e. The average Bonchev–Trinajstić information content (AvgIpc) is 3.08. The zero-order valence-corrected chi connectivity index (χ0v) is 16.6. The molecule has 1 aliphatic heterocycles. The van der Waals surface area contributed by atoms with Crippen LogP contribution in [-0.2, 0) is 17.8 Å². The van der Waals surface area contributed by atoms with Gasteiger partial charge in [0.2, 0.25) is 5.91 Å². The number of hydrogen-bond acceptors (Lipinski definition) is 3. The van der Waals surface area contributed by atoms with Gasteiger partial charge in [0.05, 0.1) is 0 Å². The van der Waals surface area contributed by atoms with Crippen LogP contribution in [0.25, 0.3) is 22.2 Å². The van der Waals surface area contributed by atoms with E-state index in [9.17, 15) is 14.0 Å². The highest BCUT2D eigenvalue weighted by Crippen LogP contribution is 2.37. The highest BCUT2D eigenvalue weighted by Gasteiger charge is 2.24. The second-order valence-electron chi connectivity index (χ2n) is 7.60. The fourth-order valence-electron chi connectivity index (χ4n) is 4.22. The van der Waals surface area contributed by atoms with Crippen molar-refractivity contribution in [2.75, 3.05) is 5.32 Å². The van der Waals surface area contributed by atoms with Crippen LogP contribution in [0.5, 0.6) is 0 Å². The van der Waals surface area contributed by atoms with Gasteiger partial charge in [-0.1, -0.05) is 24.3 Å². The molecule has 0 bridgehead atoms. The van der Waals surface area contributed by atoms with Gasteiger partial charge in [0.25, 0.3) is 5.91 Å². The maximum Gasteiger partial charge on any atom is 0.266 e. The number of nitrogens with zero attached hydrogens (tertiary/aromatic N) is 2. The van der Waals surface area contributed by atoms with E-state index in [1.807, 2.05) is 24.3 Å². The number of hydrogen-bond donors (Lipinski definition) is 2. The summed E-state index contributed by atoms with van der Waals surface area (Å²) < 4.78 is 15.5. The molecule has 0 fully saturated rings. The Kier molecular flexibility index (Phi) is 4.51. The molecule has 3 N–H and O–H groups in total. The number of nitrogens with one attached hydrogen (secondary N) is 1. The van der Waals surface area contributed by atoms with Gasteiger partial charge >= 0.3 is 0 Å². The Hall–Kier alpha value is -4.00. The largest absolute Gasteiger partial charge is 0.364 e. The van der Waals surface area contributed by atoms with Crippen LogP contribution in [-0.4, -0.2) is 21.4 Å². The first kappa shape index (κ1) is 19.0. The number of carbonyl (C=O) groups excluding carboxylic acids is 2. The SMILES string of the molecule is NC(=O)c1c(-c2ccc3c(c2)NC(=O)CC3)c2cccnc2n1Cc1cccc(F)c1. The highest BCUT2D eigenvalue weighted by molar-refractivity contribution is 6.09. The molecule has 0 radical (unpaired) electrons. The molecule has 2 aromatic carbocycles. The van der Waals surface area contributed by atoms with Gasteiger partial charge in [-0.25, -0.2) is 9.37 Å². The fraction of sp³-hybridized carbons (Fsp3) is 0.125. The predicted octanol–water partition coefficient (Wildman–Crippen LogP) is 3.87. The van der Waals surface area contributed by atoms with Crippen LogP contribution in [0.2, 0.25) is 0 Å². The Morgan fingerprint density at radius 3 is 2.81 bits per heavy atom. The molecule has 0 unspecified atom stereocenters. The number of rotatable bonds is 4. The topological polar surface area (TPSA) is 90.0 Å². The van der Waals surface area contributed by atoms with Crippen molar-refractivity contribution in [2.24, 2.45) is 5.73 Å². The molecule has 0 aliphatic carbocycles. The number of amides is 2. The van der Waals surface area contributed by atoms with E-state index >= 15 is 0 Å². The molecule has 0 atom stereocenters. The number of aryl methyl sites for hydroxylation is 1. The van der Waals surface area contributed by atoms with Crippen LogP contribution in [0.1, 0.15) is 28.0 Å². The zero-order valence-electron chi connectivity index (χ0n) is 16.6. The maximum atomic E-state index is 13.8. The van der Waals surface area contributed by atoms with Gasteiger partial charge in [-0.2, -0.15) is 0 Å². The number of benzene rings is 2. The van der Waals surface area contributed by atoms with Crippen LogP contribution in [0.3, 0.4) is 0 Å². The van der Waals surface area contributed by atoms with Crippen molar-refractivity contribution in [3.63, 3.8) is 0 Å². The molecule has 0 spiro atoms. The van der Waals surface area contributed by atoms with Crippen LogP contribution in [0.4, 0.5) is 10.1 Å². The van der Waals surface area contributed by atoms with E-state index in [1.165, 1.54) is 12.1 Å². The first-order valence-electron chi connectivity index (χ1n) is 9.96. The Morgan fingerprint density at radius 2 is 2.00 bits per heavy atom. The number of carbonyl (C=O) groups is 2. The summed E-state index contributed by atoms with van der Waals surface area (Å²) in [5.41, 5.74) is 10.6. The molecule has 3 heterocycles. The van der Waals surface area contributed by atoms with E-state index < -0.39 is 5.91 Å². The molecule has 7 heteroatoms. The quantitative estimate of drug-likeness (QED) is 0.531. The molecule has 0 saturated carbocycles. The lowest BCUT2D eigenvalue weighted by molar-refractivity contribution is -0.116. The Balaban J connectivity index is 1.74. The van der Waals surface area contributed by atoms with E-state index in [4.69, 9.17) is 5.73 Å². The zero-order chi connectivity index (χ0) is 21.5. The molecule has 1 aliphatic rings. The van der Waals surface area contributed by atoms with Crippen molar-refractivity contribution in [1.82, 2.24) is 9.55 Å². The van der Waals surface area contributed by atoms with Crippen molar-refractivity contribution in [3.8, 4) is 11.1 Å². The van der Waals surface area contributed by atoms with Crippen molar-refractivity contribution in [2.45, 2.75) is 19.4 Å². The molecule has 4 aromatic rings. The van der Waals surface area contributed by atoms with Crippen molar-refractivity contribution in [1.29, 1.82) is 0 Å². The maximum absolute atomic E-state index is 13.8. The third-order valence-electron chi connectivity index (χ3n) is 5.58. The fourth-order valence-corrected chi connectivity index (χ4v) is 4.22. The number of anilines is 1. The van der Waals surface area contributed by atoms with Crippen LogP contribution in [0.15, 0.2) is 60.8 Å². The number of aromatic nitrogens is 2. The molecule has 31 heavy (non-hydrogen) atoms. The third-order valence-corrected chi connectivity index (χ3v) is 5.58. The van der Waals surface area contributed by atoms with Crippen molar-refractivity contribution in [3.05, 3.63) is 83.4 Å². The van der Waals surface area contributed by atoms with Crippen molar-refractivity contribution < 1.29 is 14.0 Å². The van der Waals surface area contributed by atoms with Gasteiger partial charge in [-0.05, 0) is 53.4 Å². The van der Waals surface area contributed by atoms with Crippen LogP contribution < -0.4 is 11.1 Å². The third kappa shape index (κ3) is 3.34. The molecule has 154 valence electrons. The number of halogens is 1. The van der Waals surface area contributed by atoms with Gasteiger partial charge in [0.1, 0.15) is 17.2 Å². The number of pyridine rings is 1. The lowest BCUT2D eigenvalue weighted by Gasteiger charge is -2.18. The average molecular weight is 414 g/mol. The number of nitrogens with two attached hydrogens (primary N) is 1. The Bertz CT molecular complexity index is 1360. The van der Waals surface area contributed by atoms with E-state index in [-0.39, 0.29) is 18.3 Å². The number of fused-ring (bicyclic) bond motifs is 2. The Labute approximate surface area is 177 Å². The normalized spacial score (nSPS) is 13.1. The second kappa shape index (κ2) is 7.36. The van der Waals surface area contributed by atoms with E-state index in [1.54, 1.807) is 29.0 Å². The molecule has 0 saturated heterocycles. The van der Waals surface area contributed by atoms with Gasteiger partial charge in [-0.3, -0.25) is 9.59 Å². The summed E-state index contributed by atoms with van der Waals surface area (Å²) in [5.74, 6) is -0.991. The summed E-state index contributed by atoms with van der Waals surface area (Å²) in [4.78, 5) is 29.0. The van der Waals surface area contributed by atoms with E-state index in [0.717, 1.165) is 22.2 Å². The van der Waals surface area contributed by atoms with Crippen molar-refractivity contribution >= 4 is 28.5 Å². The van der Waals surface area contributed by atoms with Gasteiger partial charge in [0, 0.05) is 35.8 Å². The molecular formula is C24H19FN4O2. The Morgan fingerprint density at radius 1 is 1.13 bits per heavy atom. The highest BCUT2D eigenvalue weighted by atomic mass is 19.1. The molecule has 6 nitrogen and oxygen atoms in total. The van der Waals surface area contributed by atoms with Gasteiger partial charge in [-0.15, -0.1) is 0 Å². The molecular weight excluding hydrogens is 395 g/mol. The number of primary amides is 1. The second-order valence-corrected chi connectivity index (χ2v) is 7.60. The predicted molar refractivity (Wildman–Crippen MR) is 116 cm³/mol. The lowest BCUT2D eigenvalue weighted by atomic mass is 9.96. The minimum absolute atomic E-state index is 0.0324. The molecule has 5 rings (SSSR count). The lowest BCUT2D eigenvalue weighted by Crippen LogP contribution is -2.19. The van der Waals surface area contributed by atoms with E-state index in [2.05, 4.69) is 10.3 Å². The molecule has 2 amide bonds. The van der Waals surface area contributed by atoms with Crippen LogP contribution >= 0.6 is 0 Å². The first-order valence-corrected chi connectivity index (χ1v) is 9.96. The van der Waals surface area contributed by atoms with Gasteiger partial charge < -0.3 is 15.6 Å². The van der Waals surface area contributed by atoms with Crippen LogP contribution in [0, 0.1) is 5.82 Å². The summed E-state index contributed by atoms with van der Waals surface area (Å²) in [6.45, 7) is 0.241.